The first-order valence-corrected chi connectivity index (χ1v) is 8.45. The Morgan fingerprint density at radius 2 is 1.91 bits per heavy atom. The van der Waals surface area contributed by atoms with Crippen LogP contribution in [0.3, 0.4) is 0 Å². The number of hydrogen-bond donors (Lipinski definition) is 1. The summed E-state index contributed by atoms with van der Waals surface area (Å²) in [5, 5.41) is 8.91. The van der Waals surface area contributed by atoms with Crippen molar-refractivity contribution < 1.29 is 9.59 Å². The molecule has 6 heteroatoms. The van der Waals surface area contributed by atoms with Crippen molar-refractivity contribution in [3.8, 4) is 0 Å². The van der Waals surface area contributed by atoms with E-state index in [9.17, 15) is 9.59 Å². The summed E-state index contributed by atoms with van der Waals surface area (Å²) >= 11 is 1.43. The number of amides is 2. The quantitative estimate of drug-likeness (QED) is 0.924. The molecule has 0 radical (unpaired) electrons. The van der Waals surface area contributed by atoms with E-state index in [2.05, 4.69) is 48.5 Å². The van der Waals surface area contributed by atoms with Crippen LogP contribution in [-0.2, 0) is 9.59 Å². The number of amidine groups is 1. The SMILES string of the molecule is CC(=O)NC1=NN(C(C)=O)C(C)(CC(C)c2ccc(C)cc2)S1. The summed E-state index contributed by atoms with van der Waals surface area (Å²) in [6, 6.07) is 8.43. The topological polar surface area (TPSA) is 61.8 Å². The Balaban J connectivity index is 2.17. The number of thioether (sulfide) groups is 1. The second-order valence-electron chi connectivity index (χ2n) is 6.21. The Morgan fingerprint density at radius 1 is 1.30 bits per heavy atom. The minimum atomic E-state index is -0.506. The third-order valence-corrected chi connectivity index (χ3v) is 5.02. The summed E-state index contributed by atoms with van der Waals surface area (Å²) in [7, 11) is 0. The molecule has 2 atom stereocenters. The van der Waals surface area contributed by atoms with Crippen molar-refractivity contribution in [1.29, 1.82) is 0 Å². The van der Waals surface area contributed by atoms with Gasteiger partial charge in [-0.1, -0.05) is 48.5 Å². The highest BCUT2D eigenvalue weighted by Gasteiger charge is 2.43. The first-order chi connectivity index (χ1) is 10.7. The van der Waals surface area contributed by atoms with Gasteiger partial charge in [0.2, 0.25) is 11.8 Å². The van der Waals surface area contributed by atoms with Crippen LogP contribution in [0.1, 0.15) is 51.2 Å². The van der Waals surface area contributed by atoms with Crippen molar-refractivity contribution in [3.63, 3.8) is 0 Å². The van der Waals surface area contributed by atoms with Gasteiger partial charge in [-0.05, 0) is 31.7 Å². The molecule has 0 spiro atoms. The lowest BCUT2D eigenvalue weighted by Gasteiger charge is -2.33. The van der Waals surface area contributed by atoms with E-state index in [0.717, 1.165) is 6.42 Å². The van der Waals surface area contributed by atoms with Crippen LogP contribution in [0, 0.1) is 6.92 Å². The third-order valence-electron chi connectivity index (χ3n) is 3.87. The fraction of sp³-hybridized carbons (Fsp3) is 0.471. The minimum Gasteiger partial charge on any atom is -0.304 e. The van der Waals surface area contributed by atoms with Crippen LogP contribution in [0.15, 0.2) is 29.4 Å². The Kier molecular flexibility index (Phi) is 5.14. The van der Waals surface area contributed by atoms with E-state index in [1.165, 1.54) is 41.7 Å². The molecule has 1 aliphatic rings. The predicted molar refractivity (Wildman–Crippen MR) is 94.0 cm³/mol. The molecule has 1 N–H and O–H groups in total. The van der Waals surface area contributed by atoms with Crippen LogP contribution in [-0.4, -0.2) is 26.9 Å². The Hall–Kier alpha value is -1.82. The molecule has 0 aromatic heterocycles. The molecule has 23 heavy (non-hydrogen) atoms. The average Bonchev–Trinajstić information content (AvgIpc) is 2.75. The number of nitrogens with zero attached hydrogens (tertiary/aromatic N) is 2. The van der Waals surface area contributed by atoms with Crippen molar-refractivity contribution in [2.45, 2.75) is 51.8 Å². The molecule has 1 heterocycles. The monoisotopic (exact) mass is 333 g/mol. The number of hydrazone groups is 1. The fourth-order valence-electron chi connectivity index (χ4n) is 2.78. The summed E-state index contributed by atoms with van der Waals surface area (Å²) in [5.74, 6) is -0.0473. The highest BCUT2D eigenvalue weighted by molar-refractivity contribution is 8.15. The van der Waals surface area contributed by atoms with Gasteiger partial charge in [0.15, 0.2) is 5.17 Å². The molecule has 1 aromatic rings. The van der Waals surface area contributed by atoms with Gasteiger partial charge in [0, 0.05) is 13.8 Å². The summed E-state index contributed by atoms with van der Waals surface area (Å²) in [6.45, 7) is 9.13. The zero-order valence-corrected chi connectivity index (χ0v) is 15.0. The van der Waals surface area contributed by atoms with E-state index in [-0.39, 0.29) is 17.7 Å². The van der Waals surface area contributed by atoms with Gasteiger partial charge in [-0.15, -0.1) is 5.10 Å². The molecule has 0 fully saturated rings. The number of aryl methyl sites for hydroxylation is 1. The molecule has 1 aliphatic heterocycles. The molecule has 0 saturated carbocycles. The molecule has 2 amide bonds. The van der Waals surface area contributed by atoms with Crippen LogP contribution in [0.25, 0.3) is 0 Å². The maximum atomic E-state index is 11.9. The van der Waals surface area contributed by atoms with Crippen LogP contribution >= 0.6 is 11.8 Å². The number of carbonyl (C=O) groups is 2. The van der Waals surface area contributed by atoms with Gasteiger partial charge in [-0.2, -0.15) is 0 Å². The standard InChI is InChI=1S/C17H23N3O2S/c1-11-6-8-15(9-7-11)12(2)10-17(5)20(14(4)22)19-16(23-17)18-13(3)21/h6-9,12H,10H2,1-5H3,(H,18,19,21). The maximum Gasteiger partial charge on any atom is 0.240 e. The van der Waals surface area contributed by atoms with Crippen molar-refractivity contribution in [2.75, 3.05) is 0 Å². The third kappa shape index (κ3) is 4.13. The molecule has 5 nitrogen and oxygen atoms in total. The van der Waals surface area contributed by atoms with Crippen molar-refractivity contribution in [1.82, 2.24) is 10.3 Å². The van der Waals surface area contributed by atoms with Crippen LogP contribution in [0.4, 0.5) is 0 Å². The molecule has 0 aliphatic carbocycles. The normalized spacial score (nSPS) is 21.8. The molecule has 2 unspecified atom stereocenters. The molecule has 124 valence electrons. The lowest BCUT2D eigenvalue weighted by molar-refractivity contribution is -0.131. The van der Waals surface area contributed by atoms with E-state index in [0.29, 0.717) is 5.17 Å². The number of benzene rings is 1. The number of rotatable bonds is 3. The van der Waals surface area contributed by atoms with Crippen LogP contribution in [0.2, 0.25) is 0 Å². The van der Waals surface area contributed by atoms with Gasteiger partial charge in [-0.25, -0.2) is 5.01 Å². The number of nitrogens with one attached hydrogen (secondary N) is 1. The number of hydrogen-bond acceptors (Lipinski definition) is 4. The highest BCUT2D eigenvalue weighted by atomic mass is 32.2. The predicted octanol–water partition coefficient (Wildman–Crippen LogP) is 3.21. The Labute approximate surface area is 141 Å². The molecule has 0 bridgehead atoms. The molecular formula is C17H23N3O2S. The minimum absolute atomic E-state index is 0.128. The highest BCUT2D eigenvalue weighted by Crippen LogP contribution is 2.43. The summed E-state index contributed by atoms with van der Waals surface area (Å²) < 4.78 is 0. The number of carbonyl (C=O) groups excluding carboxylic acids is 2. The van der Waals surface area contributed by atoms with Gasteiger partial charge in [0.25, 0.3) is 0 Å². The van der Waals surface area contributed by atoms with E-state index >= 15 is 0 Å². The Bertz CT molecular complexity index is 642. The van der Waals surface area contributed by atoms with Crippen molar-refractivity contribution in [2.24, 2.45) is 5.10 Å². The van der Waals surface area contributed by atoms with Crippen LogP contribution in [0.5, 0.6) is 0 Å². The lowest BCUT2D eigenvalue weighted by Crippen LogP contribution is -2.41. The van der Waals surface area contributed by atoms with Gasteiger partial charge >= 0.3 is 0 Å². The van der Waals surface area contributed by atoms with E-state index < -0.39 is 4.87 Å². The zero-order chi connectivity index (χ0) is 17.2. The fourth-order valence-corrected chi connectivity index (χ4v) is 4.11. The van der Waals surface area contributed by atoms with Gasteiger partial charge in [0.1, 0.15) is 4.87 Å². The van der Waals surface area contributed by atoms with Gasteiger partial charge in [0.05, 0.1) is 0 Å². The Morgan fingerprint density at radius 3 is 2.43 bits per heavy atom. The van der Waals surface area contributed by atoms with E-state index in [1.807, 2.05) is 6.92 Å². The summed E-state index contributed by atoms with van der Waals surface area (Å²) in [6.07, 6.45) is 0.743. The first kappa shape index (κ1) is 17.5. The summed E-state index contributed by atoms with van der Waals surface area (Å²) in [5.41, 5.74) is 2.46. The smallest absolute Gasteiger partial charge is 0.240 e. The molecule has 0 saturated heterocycles. The van der Waals surface area contributed by atoms with Gasteiger partial charge < -0.3 is 5.32 Å². The van der Waals surface area contributed by atoms with Crippen molar-refractivity contribution >= 4 is 28.7 Å². The maximum absolute atomic E-state index is 11.9. The van der Waals surface area contributed by atoms with E-state index in [1.54, 1.807) is 0 Å². The van der Waals surface area contributed by atoms with Crippen LogP contribution < -0.4 is 5.32 Å². The zero-order valence-electron chi connectivity index (χ0n) is 14.2. The first-order valence-electron chi connectivity index (χ1n) is 7.64. The van der Waals surface area contributed by atoms with Crippen molar-refractivity contribution in [3.05, 3.63) is 35.4 Å². The second-order valence-corrected chi connectivity index (χ2v) is 7.68. The lowest BCUT2D eigenvalue weighted by atomic mass is 9.93. The molecule has 1 aromatic carbocycles. The van der Waals surface area contributed by atoms with E-state index in [4.69, 9.17) is 0 Å². The second kappa shape index (κ2) is 6.74. The summed E-state index contributed by atoms with van der Waals surface area (Å²) in [4.78, 5) is 22.7. The molecular weight excluding hydrogens is 310 g/mol. The van der Waals surface area contributed by atoms with Gasteiger partial charge in [-0.3, -0.25) is 9.59 Å². The average molecular weight is 333 g/mol. The molecule has 2 rings (SSSR count). The largest absolute Gasteiger partial charge is 0.304 e.